The molecular formula is C26H32N4O6S2. The number of hydrogen-bond donors (Lipinski definition) is 1. The van der Waals surface area contributed by atoms with Gasteiger partial charge >= 0.3 is 15.0 Å². The van der Waals surface area contributed by atoms with Crippen LogP contribution >= 0.6 is 11.3 Å². The van der Waals surface area contributed by atoms with Crippen molar-refractivity contribution in [2.24, 2.45) is 16.8 Å². The summed E-state index contributed by atoms with van der Waals surface area (Å²) in [5, 5.41) is 17.9. The maximum absolute atomic E-state index is 13.1. The molecule has 2 fully saturated rings. The number of rotatable bonds is 8. The molecule has 2 aromatic heterocycles. The van der Waals surface area contributed by atoms with Gasteiger partial charge < -0.3 is 10.5 Å². The molecule has 2 atom stereocenters. The minimum Gasteiger partial charge on any atom is -0.618 e. The van der Waals surface area contributed by atoms with Crippen molar-refractivity contribution in [3.8, 4) is 0 Å². The van der Waals surface area contributed by atoms with E-state index in [0.717, 1.165) is 36.2 Å². The van der Waals surface area contributed by atoms with Crippen molar-refractivity contribution in [1.29, 1.82) is 0 Å². The third kappa shape index (κ3) is 6.91. The third-order valence-corrected chi connectivity index (χ3v) is 9.64. The van der Waals surface area contributed by atoms with Gasteiger partial charge in [-0.1, -0.05) is 32.1 Å². The highest BCUT2D eigenvalue weighted by Crippen LogP contribution is 2.28. The van der Waals surface area contributed by atoms with Gasteiger partial charge in [0, 0.05) is 30.3 Å². The Morgan fingerprint density at radius 3 is 2.68 bits per heavy atom. The van der Waals surface area contributed by atoms with Crippen molar-refractivity contribution >= 4 is 45.2 Å². The lowest BCUT2D eigenvalue weighted by Gasteiger charge is -2.25. The molecule has 1 N–H and O–H groups in total. The zero-order chi connectivity index (χ0) is 27.1. The molecule has 12 heteroatoms. The fourth-order valence-electron chi connectivity index (χ4n) is 4.99. The molecule has 1 aliphatic heterocycles. The van der Waals surface area contributed by atoms with E-state index in [-0.39, 0.29) is 17.2 Å². The summed E-state index contributed by atoms with van der Waals surface area (Å²) in [4.78, 5) is 42.9. The second-order valence-corrected chi connectivity index (χ2v) is 12.5. The molecule has 204 valence electrons. The van der Waals surface area contributed by atoms with Crippen molar-refractivity contribution in [2.45, 2.75) is 62.4 Å². The number of nitrogens with one attached hydrogen (secondary N) is 1. The number of sulfonamides is 1. The number of carbonyl (C=O) groups is 3. The number of carbonyl (C=O) groups excluding carboxylic acids is 3. The highest BCUT2D eigenvalue weighted by atomic mass is 32.2. The van der Waals surface area contributed by atoms with E-state index in [1.54, 1.807) is 16.8 Å². The number of pyridine rings is 1. The molecule has 1 aliphatic carbocycles. The zero-order valence-electron chi connectivity index (χ0n) is 21.0. The van der Waals surface area contributed by atoms with Crippen LogP contribution in [0.25, 0.3) is 0 Å². The lowest BCUT2D eigenvalue weighted by molar-refractivity contribution is -0.646. The standard InChI is InChI=1S/C26H32N4O6S2/c31-23-17-29(38(35,36)24-10-4-5-13-30(24)34)12-6-9-20(23)16-27-26(33)22(15-19-7-2-1-3-8-19)28-25(32)21-11-14-37-18-21/h4-5,10-11,13-14,16,18-20,22H,1-3,6-9,12,15,17H2,(H,28,32)/t20-,22+/m1/s1. The second kappa shape index (κ2) is 12.7. The fraction of sp³-hybridized carbons (Fsp3) is 0.500. The average molecular weight is 561 g/mol. The van der Waals surface area contributed by atoms with Crippen LogP contribution in [0.4, 0.5) is 0 Å². The number of aliphatic imine (C=N–C) groups is 1. The van der Waals surface area contributed by atoms with Gasteiger partial charge in [-0.05, 0) is 42.7 Å². The maximum Gasteiger partial charge on any atom is 0.323 e. The van der Waals surface area contributed by atoms with Crippen LogP contribution in [0.15, 0.2) is 51.2 Å². The number of amides is 2. The number of hydrogen-bond acceptors (Lipinski definition) is 7. The lowest BCUT2D eigenvalue weighted by atomic mass is 9.84. The summed E-state index contributed by atoms with van der Waals surface area (Å²) in [6, 6.07) is 4.96. The van der Waals surface area contributed by atoms with Crippen molar-refractivity contribution in [1.82, 2.24) is 9.62 Å². The molecule has 38 heavy (non-hydrogen) atoms. The first kappa shape index (κ1) is 28.1. The first-order valence-corrected chi connectivity index (χ1v) is 15.3. The molecular weight excluding hydrogens is 528 g/mol. The van der Waals surface area contributed by atoms with Crippen LogP contribution in [0.3, 0.4) is 0 Å². The molecule has 4 rings (SSSR count). The highest BCUT2D eigenvalue weighted by molar-refractivity contribution is 7.89. The van der Waals surface area contributed by atoms with Crippen molar-refractivity contribution in [2.75, 3.05) is 13.1 Å². The Balaban J connectivity index is 1.44. The molecule has 10 nitrogen and oxygen atoms in total. The van der Waals surface area contributed by atoms with Gasteiger partial charge in [0.05, 0.1) is 18.0 Å². The number of thiophene rings is 1. The Morgan fingerprint density at radius 1 is 1.18 bits per heavy atom. The molecule has 1 saturated carbocycles. The quantitative estimate of drug-likeness (QED) is 0.299. The number of Topliss-reactive ketones (excluding diaryl/α,β-unsaturated/α-hetero) is 1. The monoisotopic (exact) mass is 560 g/mol. The van der Waals surface area contributed by atoms with Crippen molar-refractivity contribution < 1.29 is 27.5 Å². The molecule has 2 aromatic rings. The normalized spacial score (nSPS) is 20.7. The van der Waals surface area contributed by atoms with Crippen LogP contribution < -0.4 is 10.0 Å². The van der Waals surface area contributed by atoms with Crippen LogP contribution in [0.1, 0.15) is 61.7 Å². The summed E-state index contributed by atoms with van der Waals surface area (Å²) >= 11 is 1.39. The van der Waals surface area contributed by atoms with E-state index >= 15 is 0 Å². The predicted octanol–water partition coefficient (Wildman–Crippen LogP) is 2.72. The van der Waals surface area contributed by atoms with Crippen LogP contribution in [0.5, 0.6) is 0 Å². The lowest BCUT2D eigenvalue weighted by Crippen LogP contribution is -2.43. The van der Waals surface area contributed by atoms with Crippen molar-refractivity contribution in [3.05, 3.63) is 52.0 Å². The van der Waals surface area contributed by atoms with Gasteiger partial charge in [0.15, 0.2) is 12.0 Å². The minimum atomic E-state index is -4.16. The molecule has 0 radical (unpaired) electrons. The Bertz CT molecular complexity index is 1270. The first-order valence-electron chi connectivity index (χ1n) is 12.9. The molecule has 0 unspecified atom stereocenters. The number of nitrogens with zero attached hydrogens (tertiary/aromatic N) is 3. The molecule has 0 aromatic carbocycles. The van der Waals surface area contributed by atoms with Crippen LogP contribution in [-0.2, 0) is 19.6 Å². The van der Waals surface area contributed by atoms with Gasteiger partial charge in [0.1, 0.15) is 6.04 Å². The Labute approximate surface area is 226 Å². The van der Waals surface area contributed by atoms with E-state index in [9.17, 15) is 28.0 Å². The van der Waals surface area contributed by atoms with E-state index in [1.165, 1.54) is 42.2 Å². The second-order valence-electron chi connectivity index (χ2n) is 9.81. The van der Waals surface area contributed by atoms with Crippen LogP contribution in [0.2, 0.25) is 0 Å². The molecule has 0 spiro atoms. The summed E-state index contributed by atoms with van der Waals surface area (Å²) in [7, 11) is -4.16. The highest BCUT2D eigenvalue weighted by Gasteiger charge is 2.36. The molecule has 2 aliphatic rings. The number of aromatic nitrogens is 1. The smallest absolute Gasteiger partial charge is 0.323 e. The Hall–Kier alpha value is -2.96. The van der Waals surface area contributed by atoms with Gasteiger partial charge in [-0.25, -0.2) is 13.4 Å². The molecule has 1 saturated heterocycles. The zero-order valence-corrected chi connectivity index (χ0v) is 22.7. The van der Waals surface area contributed by atoms with Gasteiger partial charge in [-0.15, -0.1) is 0 Å². The number of ketones is 1. The van der Waals surface area contributed by atoms with E-state index in [0.29, 0.717) is 30.7 Å². The summed E-state index contributed by atoms with van der Waals surface area (Å²) in [6.45, 7) is -0.343. The third-order valence-electron chi connectivity index (χ3n) is 7.12. The summed E-state index contributed by atoms with van der Waals surface area (Å²) in [5.41, 5.74) is 0.485. The summed E-state index contributed by atoms with van der Waals surface area (Å²) < 4.78 is 27.2. The van der Waals surface area contributed by atoms with Gasteiger partial charge in [0.25, 0.3) is 11.8 Å². The topological polar surface area (TPSA) is 140 Å². The average Bonchev–Trinajstić information content (AvgIpc) is 3.38. The largest absolute Gasteiger partial charge is 0.618 e. The van der Waals surface area contributed by atoms with E-state index in [2.05, 4.69) is 10.3 Å². The maximum atomic E-state index is 13.1. The van der Waals surface area contributed by atoms with E-state index < -0.39 is 45.2 Å². The van der Waals surface area contributed by atoms with Gasteiger partial charge in [-0.2, -0.15) is 20.4 Å². The fourth-order valence-corrected chi connectivity index (χ4v) is 7.10. The van der Waals surface area contributed by atoms with E-state index in [1.807, 2.05) is 0 Å². The van der Waals surface area contributed by atoms with E-state index in [4.69, 9.17) is 0 Å². The predicted molar refractivity (Wildman–Crippen MR) is 142 cm³/mol. The molecule has 2 amide bonds. The summed E-state index contributed by atoms with van der Waals surface area (Å²) in [6.07, 6.45) is 8.92. The van der Waals surface area contributed by atoms with Crippen LogP contribution in [-0.4, -0.2) is 55.7 Å². The Kier molecular flexibility index (Phi) is 9.40. The van der Waals surface area contributed by atoms with Crippen molar-refractivity contribution in [3.63, 3.8) is 0 Å². The molecule has 0 bridgehead atoms. The first-order chi connectivity index (χ1) is 18.3. The minimum absolute atomic E-state index is 0.0717. The molecule has 3 heterocycles. The Morgan fingerprint density at radius 2 is 1.97 bits per heavy atom. The SMILES string of the molecule is O=C(N[C@@H](CC1CCCCC1)C(=O)N=C[C@H]1CCCN(S(=O)(=O)c2cccc[n+]2[O-])CC1=O)c1ccsc1. The van der Waals surface area contributed by atoms with Gasteiger partial charge in [0.2, 0.25) is 0 Å². The van der Waals surface area contributed by atoms with Crippen LogP contribution in [0, 0.1) is 17.0 Å². The van der Waals surface area contributed by atoms with Gasteiger partial charge in [-0.3, -0.25) is 14.4 Å². The summed E-state index contributed by atoms with van der Waals surface area (Å²) in [5.74, 6) is -1.68.